The molecule has 0 saturated heterocycles. The van der Waals surface area contributed by atoms with Crippen molar-refractivity contribution in [3.63, 3.8) is 0 Å². The van der Waals surface area contributed by atoms with Gasteiger partial charge in [0.05, 0.1) is 13.2 Å². The fourth-order valence-corrected chi connectivity index (χ4v) is 2.45. The number of nitrogens with one attached hydrogen (secondary N) is 1. The van der Waals surface area contributed by atoms with Gasteiger partial charge >= 0.3 is 0 Å². The van der Waals surface area contributed by atoms with Gasteiger partial charge in [0.1, 0.15) is 0 Å². The van der Waals surface area contributed by atoms with Crippen LogP contribution < -0.4 is 10.2 Å². The molecule has 2 rings (SSSR count). The van der Waals surface area contributed by atoms with Gasteiger partial charge < -0.3 is 15.0 Å². The minimum Gasteiger partial charge on any atom is -0.383 e. The predicted octanol–water partition coefficient (Wildman–Crippen LogP) is 1.93. The van der Waals surface area contributed by atoms with E-state index in [1.807, 2.05) is 4.90 Å². The third kappa shape index (κ3) is 4.20. The monoisotopic (exact) mass is 298 g/mol. The molecular weight excluding hydrogens is 276 g/mol. The van der Waals surface area contributed by atoms with Crippen LogP contribution in [0, 0.1) is 6.92 Å². The van der Waals surface area contributed by atoms with Crippen molar-refractivity contribution in [2.24, 2.45) is 0 Å². The summed E-state index contributed by atoms with van der Waals surface area (Å²) in [5.74, 6) is 0.140. The Kier molecular flexibility index (Phi) is 6.99. The topological polar surface area (TPSA) is 41.6 Å². The molecule has 1 aromatic rings. The lowest BCUT2D eigenvalue weighted by Gasteiger charge is -2.30. The first kappa shape index (κ1) is 17.0. The molecule has 112 valence electrons. The lowest BCUT2D eigenvalue weighted by atomic mass is 9.99. The van der Waals surface area contributed by atoms with E-state index in [1.165, 1.54) is 11.1 Å². The van der Waals surface area contributed by atoms with Crippen LogP contribution in [-0.4, -0.2) is 39.3 Å². The van der Waals surface area contributed by atoms with Gasteiger partial charge in [-0.05, 0) is 31.4 Å². The second-order valence-corrected chi connectivity index (χ2v) is 4.95. The summed E-state index contributed by atoms with van der Waals surface area (Å²) in [6.45, 7) is 4.62. The van der Waals surface area contributed by atoms with Gasteiger partial charge in [-0.25, -0.2) is 0 Å². The lowest BCUT2D eigenvalue weighted by molar-refractivity contribution is -0.117. The van der Waals surface area contributed by atoms with E-state index in [0.717, 1.165) is 25.1 Å². The average Bonchev–Trinajstić information content (AvgIpc) is 2.42. The molecule has 0 aliphatic carbocycles. The van der Waals surface area contributed by atoms with E-state index in [0.29, 0.717) is 19.7 Å². The number of fused-ring (bicyclic) bond motifs is 1. The zero-order chi connectivity index (χ0) is 13.7. The fraction of sp³-hybridized carbons (Fsp3) is 0.533. The van der Waals surface area contributed by atoms with Crippen LogP contribution in [-0.2, 0) is 16.0 Å². The van der Waals surface area contributed by atoms with Crippen molar-refractivity contribution < 1.29 is 9.53 Å². The Morgan fingerprint density at radius 1 is 1.45 bits per heavy atom. The zero-order valence-electron chi connectivity index (χ0n) is 12.1. The van der Waals surface area contributed by atoms with Crippen molar-refractivity contribution in [3.8, 4) is 0 Å². The molecule has 0 fully saturated rings. The van der Waals surface area contributed by atoms with E-state index < -0.39 is 0 Å². The molecule has 1 amide bonds. The van der Waals surface area contributed by atoms with Crippen molar-refractivity contribution in [2.75, 3.05) is 38.3 Å². The number of anilines is 1. The SMILES string of the molecule is COCCNCC(=O)N1CCCc2cc(C)ccc21.Cl. The molecule has 0 saturated carbocycles. The molecule has 0 spiro atoms. The number of rotatable bonds is 5. The summed E-state index contributed by atoms with van der Waals surface area (Å²) in [7, 11) is 1.66. The molecule has 0 aromatic heterocycles. The number of carbonyl (C=O) groups excluding carboxylic acids is 1. The number of nitrogens with zero attached hydrogens (tertiary/aromatic N) is 1. The third-order valence-corrected chi connectivity index (χ3v) is 3.41. The highest BCUT2D eigenvalue weighted by molar-refractivity contribution is 5.96. The summed E-state index contributed by atoms with van der Waals surface area (Å²) in [6, 6.07) is 6.33. The first-order chi connectivity index (χ1) is 9.22. The number of benzene rings is 1. The fourth-order valence-electron chi connectivity index (χ4n) is 2.45. The van der Waals surface area contributed by atoms with E-state index in [9.17, 15) is 4.79 Å². The summed E-state index contributed by atoms with van der Waals surface area (Å²) in [5, 5.41) is 3.11. The number of ether oxygens (including phenoxy) is 1. The Labute approximate surface area is 126 Å². The van der Waals surface area contributed by atoms with E-state index in [1.54, 1.807) is 7.11 Å². The highest BCUT2D eigenvalue weighted by Crippen LogP contribution is 2.27. The Morgan fingerprint density at radius 3 is 3.00 bits per heavy atom. The molecule has 1 aromatic carbocycles. The van der Waals surface area contributed by atoms with E-state index in [-0.39, 0.29) is 18.3 Å². The first-order valence-corrected chi connectivity index (χ1v) is 6.82. The maximum absolute atomic E-state index is 12.2. The summed E-state index contributed by atoms with van der Waals surface area (Å²) < 4.78 is 4.95. The first-order valence-electron chi connectivity index (χ1n) is 6.82. The van der Waals surface area contributed by atoms with Crippen molar-refractivity contribution in [3.05, 3.63) is 29.3 Å². The Hall–Kier alpha value is -1.10. The van der Waals surface area contributed by atoms with Crippen molar-refractivity contribution in [1.82, 2.24) is 5.32 Å². The van der Waals surface area contributed by atoms with Gasteiger partial charge in [0, 0.05) is 25.9 Å². The minimum absolute atomic E-state index is 0. The van der Waals surface area contributed by atoms with Gasteiger partial charge in [0.2, 0.25) is 5.91 Å². The molecule has 1 heterocycles. The van der Waals surface area contributed by atoms with Crippen LogP contribution in [0.1, 0.15) is 17.5 Å². The third-order valence-electron chi connectivity index (χ3n) is 3.41. The molecule has 5 heteroatoms. The van der Waals surface area contributed by atoms with Crippen LogP contribution in [0.5, 0.6) is 0 Å². The largest absolute Gasteiger partial charge is 0.383 e. The molecule has 1 aliphatic heterocycles. The van der Waals surface area contributed by atoms with Crippen LogP contribution in [0.15, 0.2) is 18.2 Å². The number of aryl methyl sites for hydroxylation is 2. The summed E-state index contributed by atoms with van der Waals surface area (Å²) in [5.41, 5.74) is 3.62. The molecule has 1 N–H and O–H groups in total. The summed E-state index contributed by atoms with van der Waals surface area (Å²) in [4.78, 5) is 14.1. The zero-order valence-corrected chi connectivity index (χ0v) is 13.0. The van der Waals surface area contributed by atoms with Crippen molar-refractivity contribution in [2.45, 2.75) is 19.8 Å². The minimum atomic E-state index is 0. The predicted molar refractivity (Wildman–Crippen MR) is 83.8 cm³/mol. The second-order valence-electron chi connectivity index (χ2n) is 4.95. The number of methoxy groups -OCH3 is 1. The molecule has 0 atom stereocenters. The van der Waals surface area contributed by atoms with Crippen molar-refractivity contribution in [1.29, 1.82) is 0 Å². The van der Waals surface area contributed by atoms with Crippen LogP contribution in [0.2, 0.25) is 0 Å². The van der Waals surface area contributed by atoms with Gasteiger partial charge in [-0.15, -0.1) is 12.4 Å². The lowest BCUT2D eigenvalue weighted by Crippen LogP contribution is -2.41. The molecular formula is C15H23ClN2O2. The van der Waals surface area contributed by atoms with Crippen molar-refractivity contribution >= 4 is 24.0 Å². The normalized spacial score (nSPS) is 13.6. The maximum atomic E-state index is 12.2. The summed E-state index contributed by atoms with van der Waals surface area (Å²) >= 11 is 0. The Bertz CT molecular complexity index is 451. The number of hydrogen-bond acceptors (Lipinski definition) is 3. The van der Waals surface area contributed by atoms with Crippen LogP contribution in [0.25, 0.3) is 0 Å². The van der Waals surface area contributed by atoms with Gasteiger partial charge in [-0.3, -0.25) is 4.79 Å². The molecule has 0 bridgehead atoms. The van der Waals surface area contributed by atoms with E-state index >= 15 is 0 Å². The number of halogens is 1. The highest BCUT2D eigenvalue weighted by atomic mass is 35.5. The van der Waals surface area contributed by atoms with E-state index in [2.05, 4.69) is 30.4 Å². The molecule has 0 unspecified atom stereocenters. The average molecular weight is 299 g/mol. The quantitative estimate of drug-likeness (QED) is 0.845. The Balaban J connectivity index is 0.00000200. The highest BCUT2D eigenvalue weighted by Gasteiger charge is 2.21. The molecule has 4 nitrogen and oxygen atoms in total. The van der Waals surface area contributed by atoms with Gasteiger partial charge in [0.15, 0.2) is 0 Å². The second kappa shape index (κ2) is 8.25. The number of hydrogen-bond donors (Lipinski definition) is 1. The van der Waals surface area contributed by atoms with Gasteiger partial charge in [-0.2, -0.15) is 0 Å². The number of amides is 1. The summed E-state index contributed by atoms with van der Waals surface area (Å²) in [6.07, 6.45) is 2.11. The standard InChI is InChI=1S/C15H22N2O2.ClH/c1-12-5-6-14-13(10-12)4-3-8-17(14)15(18)11-16-7-9-19-2;/h5-6,10,16H,3-4,7-9,11H2,1-2H3;1H. The van der Waals surface area contributed by atoms with Crippen LogP contribution in [0.4, 0.5) is 5.69 Å². The molecule has 20 heavy (non-hydrogen) atoms. The molecule has 1 aliphatic rings. The van der Waals surface area contributed by atoms with Crippen LogP contribution in [0.3, 0.4) is 0 Å². The maximum Gasteiger partial charge on any atom is 0.240 e. The Morgan fingerprint density at radius 2 is 2.25 bits per heavy atom. The number of carbonyl (C=O) groups is 1. The van der Waals surface area contributed by atoms with Crippen LogP contribution >= 0.6 is 12.4 Å². The van der Waals surface area contributed by atoms with Gasteiger partial charge in [0.25, 0.3) is 0 Å². The van der Waals surface area contributed by atoms with Gasteiger partial charge in [-0.1, -0.05) is 17.7 Å². The molecule has 0 radical (unpaired) electrons. The smallest absolute Gasteiger partial charge is 0.240 e. The van der Waals surface area contributed by atoms with E-state index in [4.69, 9.17) is 4.74 Å².